The van der Waals surface area contributed by atoms with Gasteiger partial charge in [-0.05, 0) is 10.4 Å². The molecule has 2 aliphatic rings. The third-order valence-electron chi connectivity index (χ3n) is 5.31. The van der Waals surface area contributed by atoms with Gasteiger partial charge in [0.1, 0.15) is 22.5 Å². The Labute approximate surface area is 218 Å². The van der Waals surface area contributed by atoms with Gasteiger partial charge in [0.25, 0.3) is 5.91 Å². The molecule has 3 atom stereocenters. The number of alkyl halides is 3. The van der Waals surface area contributed by atoms with Gasteiger partial charge >= 0.3 is 12.1 Å². The summed E-state index contributed by atoms with van der Waals surface area (Å²) in [4.78, 5) is 47.3. The predicted octanol–water partition coefficient (Wildman–Crippen LogP) is -0.205. The van der Waals surface area contributed by atoms with E-state index in [9.17, 15) is 32.7 Å². The number of thioether (sulfide) groups is 2. The molecule has 37 heavy (non-hydrogen) atoms. The minimum Gasteiger partial charge on any atom is -0.481 e. The average Bonchev–Trinajstić information content (AvgIpc) is 3.45. The molecule has 14 nitrogen and oxygen atoms in total. The number of anilines is 1. The summed E-state index contributed by atoms with van der Waals surface area (Å²) in [6, 6.07) is -1.05. The number of aromatic nitrogens is 5. The molecule has 0 aromatic carbocycles. The van der Waals surface area contributed by atoms with Crippen molar-refractivity contribution < 1.29 is 37.5 Å². The van der Waals surface area contributed by atoms with Crippen LogP contribution >= 0.6 is 34.9 Å². The second-order valence-corrected chi connectivity index (χ2v) is 10.9. The van der Waals surface area contributed by atoms with Gasteiger partial charge in [0.2, 0.25) is 17.7 Å². The monoisotopic (exact) mass is 581 g/mol. The zero-order valence-electron chi connectivity index (χ0n) is 18.7. The molecule has 2 aliphatic heterocycles. The SMILES string of the molecule is Cn1nnnc1SCC1(C(=O)O)CS[C@@H]2C(NC(=O)C(=NOCC(F)(F)F)c3csc(N)n3)C(=O)N2C1. The third-order valence-corrected chi connectivity index (χ3v) is 8.87. The number of fused-ring (bicyclic) bond motifs is 1. The largest absolute Gasteiger partial charge is 0.481 e. The van der Waals surface area contributed by atoms with Crippen LogP contribution in [0.1, 0.15) is 5.69 Å². The summed E-state index contributed by atoms with van der Waals surface area (Å²) in [6.45, 7) is -1.85. The van der Waals surface area contributed by atoms with Crippen LogP contribution in [-0.2, 0) is 26.3 Å². The molecule has 4 rings (SSSR count). The Morgan fingerprint density at radius 2 is 2.22 bits per heavy atom. The Hall–Kier alpha value is -3.13. The van der Waals surface area contributed by atoms with Crippen molar-refractivity contribution in [2.24, 2.45) is 17.6 Å². The van der Waals surface area contributed by atoms with Gasteiger partial charge in [-0.25, -0.2) is 9.67 Å². The normalized spacial score (nSPS) is 23.8. The Balaban J connectivity index is 1.43. The molecule has 2 saturated heterocycles. The standard InChI is InChI=1S/C17H18F3N9O5S3/c1-28-15(24-26-27-28)37-6-16(13(32)33)3-29-11(31)9(12(29)36-5-16)23-10(30)8(7-2-35-14(21)22-7)25-34-4-17(18,19)20/h2,9,12H,3-6H2,1H3,(H2,21,22)(H,23,30)(H,32,33)/t9?,12-,16?/m1/s1. The second-order valence-electron chi connectivity index (χ2n) is 7.98. The number of aryl methyl sites for hydroxylation is 1. The lowest BCUT2D eigenvalue weighted by Crippen LogP contribution is -2.74. The number of hydrogen-bond acceptors (Lipinski definition) is 13. The molecule has 2 aromatic heterocycles. The van der Waals surface area contributed by atoms with E-state index in [1.54, 1.807) is 7.05 Å². The molecular weight excluding hydrogens is 563 g/mol. The lowest BCUT2D eigenvalue weighted by molar-refractivity contribution is -0.174. The number of nitrogen functional groups attached to an aromatic ring is 1. The smallest absolute Gasteiger partial charge is 0.425 e. The highest BCUT2D eigenvalue weighted by Gasteiger charge is 2.57. The number of nitrogens with zero attached hydrogens (tertiary/aromatic N) is 7. The maximum atomic E-state index is 12.9. The highest BCUT2D eigenvalue weighted by molar-refractivity contribution is 8.00. The van der Waals surface area contributed by atoms with Gasteiger partial charge in [-0.15, -0.1) is 28.2 Å². The molecule has 2 amide bonds. The number of halogens is 3. The van der Waals surface area contributed by atoms with Crippen molar-refractivity contribution in [3.05, 3.63) is 11.1 Å². The first-order valence-electron chi connectivity index (χ1n) is 10.2. The molecular formula is C17H18F3N9O5S3. The highest BCUT2D eigenvalue weighted by atomic mass is 32.2. The maximum Gasteiger partial charge on any atom is 0.425 e. The minimum atomic E-state index is -4.69. The van der Waals surface area contributed by atoms with Crippen LogP contribution in [0.3, 0.4) is 0 Å². The van der Waals surface area contributed by atoms with Gasteiger partial charge in [-0.2, -0.15) is 13.2 Å². The van der Waals surface area contributed by atoms with Crippen molar-refractivity contribution in [3.63, 3.8) is 0 Å². The zero-order chi connectivity index (χ0) is 27.0. The number of oxime groups is 1. The van der Waals surface area contributed by atoms with Crippen molar-refractivity contribution in [1.29, 1.82) is 0 Å². The average molecular weight is 582 g/mol. The quantitative estimate of drug-likeness (QED) is 0.153. The van der Waals surface area contributed by atoms with E-state index < -0.39 is 53.1 Å². The van der Waals surface area contributed by atoms with E-state index in [1.165, 1.54) is 15.0 Å². The fraction of sp³-hybridized carbons (Fsp3) is 0.529. The van der Waals surface area contributed by atoms with Gasteiger partial charge in [0.05, 0.1) is 0 Å². The van der Waals surface area contributed by atoms with Crippen molar-refractivity contribution in [1.82, 2.24) is 35.4 Å². The van der Waals surface area contributed by atoms with Gasteiger partial charge in [-0.3, -0.25) is 14.4 Å². The number of β-lactam (4-membered cyclic amide) rings is 1. The Morgan fingerprint density at radius 3 is 2.81 bits per heavy atom. The van der Waals surface area contributed by atoms with Crippen LogP contribution in [-0.4, -0.2) is 101 Å². The second kappa shape index (κ2) is 10.3. The first-order valence-corrected chi connectivity index (χ1v) is 13.1. The lowest BCUT2D eigenvalue weighted by atomic mass is 9.89. The van der Waals surface area contributed by atoms with E-state index in [0.29, 0.717) is 5.16 Å². The predicted molar refractivity (Wildman–Crippen MR) is 125 cm³/mol. The van der Waals surface area contributed by atoms with Crippen molar-refractivity contribution in [3.8, 4) is 0 Å². The van der Waals surface area contributed by atoms with Crippen LogP contribution in [0.5, 0.6) is 0 Å². The number of carbonyl (C=O) groups is 3. The third kappa shape index (κ3) is 5.74. The van der Waals surface area contributed by atoms with Crippen molar-refractivity contribution in [2.45, 2.75) is 22.7 Å². The Bertz CT molecular complexity index is 1240. The summed E-state index contributed by atoms with van der Waals surface area (Å²) in [5, 5.41) is 27.9. The van der Waals surface area contributed by atoms with Crippen LogP contribution in [0.2, 0.25) is 0 Å². The van der Waals surface area contributed by atoms with Crippen molar-refractivity contribution >= 4 is 63.5 Å². The fourth-order valence-electron chi connectivity index (χ4n) is 3.43. The van der Waals surface area contributed by atoms with E-state index in [1.807, 2.05) is 0 Å². The van der Waals surface area contributed by atoms with Gasteiger partial charge < -0.3 is 25.9 Å². The highest BCUT2D eigenvalue weighted by Crippen LogP contribution is 2.44. The summed E-state index contributed by atoms with van der Waals surface area (Å²) in [6.07, 6.45) is -4.69. The number of carbonyl (C=O) groups excluding carboxylic acids is 2. The molecule has 0 spiro atoms. The number of aliphatic carboxylic acids is 1. The van der Waals surface area contributed by atoms with Gasteiger partial charge in [0.15, 0.2) is 10.8 Å². The summed E-state index contributed by atoms with van der Waals surface area (Å²) < 4.78 is 38.8. The van der Waals surface area contributed by atoms with E-state index in [-0.39, 0.29) is 28.9 Å². The van der Waals surface area contributed by atoms with Crippen LogP contribution in [0.25, 0.3) is 0 Å². The van der Waals surface area contributed by atoms with Crippen LogP contribution in [0.4, 0.5) is 18.3 Å². The molecule has 4 heterocycles. The molecule has 0 aliphatic carbocycles. The number of amides is 2. The number of tetrazole rings is 1. The Kier molecular flexibility index (Phi) is 7.51. The number of rotatable bonds is 9. The molecule has 4 N–H and O–H groups in total. The van der Waals surface area contributed by atoms with Gasteiger partial charge in [0, 0.05) is 30.5 Å². The summed E-state index contributed by atoms with van der Waals surface area (Å²) >= 11 is 3.23. The summed E-state index contributed by atoms with van der Waals surface area (Å²) in [5.41, 5.74) is 3.55. The van der Waals surface area contributed by atoms with Crippen LogP contribution in [0, 0.1) is 5.41 Å². The van der Waals surface area contributed by atoms with Gasteiger partial charge in [-0.1, -0.05) is 16.9 Å². The number of thiazole rings is 1. The van der Waals surface area contributed by atoms with Crippen LogP contribution in [0.15, 0.2) is 15.7 Å². The van der Waals surface area contributed by atoms with E-state index >= 15 is 0 Å². The first-order chi connectivity index (χ1) is 17.4. The molecule has 2 fully saturated rings. The van der Waals surface area contributed by atoms with Crippen LogP contribution < -0.4 is 11.1 Å². The maximum absolute atomic E-state index is 12.9. The molecule has 2 aromatic rings. The number of hydrogen-bond donors (Lipinski definition) is 3. The Morgan fingerprint density at radius 1 is 1.46 bits per heavy atom. The first kappa shape index (κ1) is 26.9. The molecule has 2 unspecified atom stereocenters. The van der Waals surface area contributed by atoms with Crippen molar-refractivity contribution in [2.75, 3.05) is 30.4 Å². The topological polar surface area (TPSA) is 191 Å². The number of carboxylic acids is 1. The number of nitrogens with one attached hydrogen (secondary N) is 1. The summed E-state index contributed by atoms with van der Waals surface area (Å²) in [5.74, 6) is -2.42. The zero-order valence-corrected chi connectivity index (χ0v) is 21.2. The van der Waals surface area contributed by atoms with E-state index in [2.05, 4.69) is 35.8 Å². The lowest BCUT2D eigenvalue weighted by Gasteiger charge is -2.53. The molecule has 200 valence electrons. The molecule has 0 saturated carbocycles. The van der Waals surface area contributed by atoms with E-state index in [0.717, 1.165) is 34.9 Å². The minimum absolute atomic E-state index is 0.0417. The molecule has 0 bridgehead atoms. The molecule has 20 heteroatoms. The van der Waals surface area contributed by atoms with E-state index in [4.69, 9.17) is 5.73 Å². The fourth-order valence-corrected chi connectivity index (χ4v) is 6.69. The number of carboxylic acid groups (broad SMARTS) is 1. The molecule has 0 radical (unpaired) electrons. The number of nitrogens with two attached hydrogens (primary N) is 1. The summed E-state index contributed by atoms with van der Waals surface area (Å²) in [7, 11) is 1.61.